The van der Waals surface area contributed by atoms with Crippen molar-refractivity contribution in [1.82, 2.24) is 5.32 Å². The third-order valence-corrected chi connectivity index (χ3v) is 6.74. The topological polar surface area (TPSA) is 147 Å². The summed E-state index contributed by atoms with van der Waals surface area (Å²) in [5, 5.41) is 9.01. The number of amides is 1. The number of hydrogen-bond acceptors (Lipinski definition) is 6. The summed E-state index contributed by atoms with van der Waals surface area (Å²) in [5.41, 5.74) is 0. The third kappa shape index (κ3) is 25.9. The fraction of sp³-hybridized carbons (Fsp3) is 0.875. The smallest absolute Gasteiger partial charge is 0.481 e. The summed E-state index contributed by atoms with van der Waals surface area (Å²) < 4.78 is 35.8. The minimum absolute atomic E-state index is 0. The van der Waals surface area contributed by atoms with E-state index in [4.69, 9.17) is 9.66 Å². The number of carboxylic acid groups (broad SMARTS) is 1. The number of esters is 1. The molecule has 1 atom stereocenters. The van der Waals surface area contributed by atoms with E-state index in [0.29, 0.717) is 6.42 Å². The molecular formula is C24H45NNa2O8S+2. The molecular weight excluding hydrogens is 508 g/mol. The van der Waals surface area contributed by atoms with Crippen molar-refractivity contribution >= 4 is 28.0 Å². The van der Waals surface area contributed by atoms with E-state index in [1.54, 1.807) is 0 Å². The molecule has 0 aromatic heterocycles. The first-order valence-electron chi connectivity index (χ1n) is 12.8. The monoisotopic (exact) mass is 553 g/mol. The van der Waals surface area contributed by atoms with Gasteiger partial charge in [0.1, 0.15) is 6.61 Å². The van der Waals surface area contributed by atoms with Gasteiger partial charge in [-0.25, -0.2) is 0 Å². The van der Waals surface area contributed by atoms with Crippen LogP contribution in [0, 0.1) is 0 Å². The van der Waals surface area contributed by atoms with E-state index < -0.39 is 33.7 Å². The zero-order valence-corrected chi connectivity index (χ0v) is 27.6. The molecule has 0 rings (SSSR count). The van der Waals surface area contributed by atoms with Gasteiger partial charge in [0, 0.05) is 6.42 Å². The van der Waals surface area contributed by atoms with Crippen LogP contribution in [0.5, 0.6) is 0 Å². The molecule has 0 radical (unpaired) electrons. The van der Waals surface area contributed by atoms with E-state index in [2.05, 4.69) is 17.0 Å². The third-order valence-electron chi connectivity index (χ3n) is 5.66. The summed E-state index contributed by atoms with van der Waals surface area (Å²) >= 11 is 0. The number of hydrogen-bond donors (Lipinski definition) is 3. The van der Waals surface area contributed by atoms with Gasteiger partial charge in [0.25, 0.3) is 10.1 Å². The molecule has 0 aromatic rings. The normalized spacial score (nSPS) is 11.6. The first-order valence-corrected chi connectivity index (χ1v) is 14.3. The molecule has 0 saturated carbocycles. The molecule has 0 aliphatic rings. The van der Waals surface area contributed by atoms with Gasteiger partial charge in [0.2, 0.25) is 5.91 Å². The van der Waals surface area contributed by atoms with Crippen LogP contribution >= 0.6 is 0 Å². The Balaban J connectivity index is -0.00000544. The van der Waals surface area contributed by atoms with E-state index in [0.717, 1.165) is 19.3 Å². The van der Waals surface area contributed by atoms with Crippen LogP contribution in [0.1, 0.15) is 116 Å². The van der Waals surface area contributed by atoms with Crippen LogP contribution in [0.2, 0.25) is 0 Å². The van der Waals surface area contributed by atoms with Crippen LogP contribution in [-0.4, -0.2) is 54.3 Å². The molecule has 0 bridgehead atoms. The zero-order chi connectivity index (χ0) is 25.7. The van der Waals surface area contributed by atoms with E-state index >= 15 is 0 Å². The molecule has 0 aliphatic carbocycles. The summed E-state index contributed by atoms with van der Waals surface area (Å²) in [6.07, 6.45) is 18.0. The Morgan fingerprint density at radius 3 is 1.58 bits per heavy atom. The maximum Gasteiger partial charge on any atom is 1.00 e. The van der Waals surface area contributed by atoms with Gasteiger partial charge in [-0.2, -0.15) is 8.42 Å². The summed E-state index contributed by atoms with van der Waals surface area (Å²) in [7, 11) is -4.89. The molecule has 1 unspecified atom stereocenters. The fourth-order valence-corrected chi connectivity index (χ4v) is 4.31. The molecule has 0 aromatic carbocycles. The molecule has 12 heteroatoms. The van der Waals surface area contributed by atoms with Crippen LogP contribution in [0.15, 0.2) is 0 Å². The van der Waals surface area contributed by atoms with Gasteiger partial charge < -0.3 is 15.2 Å². The summed E-state index contributed by atoms with van der Waals surface area (Å²) in [4.78, 5) is 34.1. The Morgan fingerprint density at radius 1 is 0.778 bits per heavy atom. The van der Waals surface area contributed by atoms with E-state index in [-0.39, 0.29) is 78.2 Å². The van der Waals surface area contributed by atoms with Crippen molar-refractivity contribution in [3.63, 3.8) is 0 Å². The molecule has 0 aliphatic heterocycles. The number of ether oxygens (including phenoxy) is 1. The van der Waals surface area contributed by atoms with Gasteiger partial charge in [-0.15, -0.1) is 0 Å². The molecule has 0 saturated heterocycles. The van der Waals surface area contributed by atoms with Crippen LogP contribution in [-0.2, 0) is 29.2 Å². The van der Waals surface area contributed by atoms with Crippen LogP contribution in [0.4, 0.5) is 0 Å². The first kappa shape index (κ1) is 40.8. The Bertz CT molecular complexity index is 677. The number of carboxylic acids is 1. The number of carbonyl (C=O) groups is 3. The maximum atomic E-state index is 11.8. The van der Waals surface area contributed by atoms with Gasteiger partial charge in [-0.3, -0.25) is 18.9 Å². The van der Waals surface area contributed by atoms with Gasteiger partial charge in [0.05, 0.1) is 13.0 Å². The van der Waals surface area contributed by atoms with Crippen molar-refractivity contribution in [2.75, 3.05) is 13.2 Å². The quantitative estimate of drug-likeness (QED) is 0.0609. The molecule has 3 N–H and O–H groups in total. The average Bonchev–Trinajstić information content (AvgIpc) is 2.76. The SMILES string of the molecule is CCCCCCCCCCCCCCCCCC(=O)NCCOC(=O)C(CC(=O)O)S(=O)(=O)O.[Na+].[Na+]. The Kier molecular flexibility index (Phi) is 30.5. The molecule has 1 amide bonds. The second-order valence-electron chi connectivity index (χ2n) is 8.82. The van der Waals surface area contributed by atoms with Gasteiger partial charge in [-0.05, 0) is 6.42 Å². The maximum absolute atomic E-state index is 11.8. The molecule has 200 valence electrons. The van der Waals surface area contributed by atoms with E-state index in [1.807, 2.05) is 0 Å². The Hall–Kier alpha value is 0.320. The van der Waals surface area contributed by atoms with Crippen molar-refractivity contribution in [1.29, 1.82) is 0 Å². The van der Waals surface area contributed by atoms with Crippen LogP contribution in [0.3, 0.4) is 0 Å². The molecule has 0 fully saturated rings. The van der Waals surface area contributed by atoms with Crippen LogP contribution < -0.4 is 64.4 Å². The largest absolute Gasteiger partial charge is 1.00 e. The average molecular weight is 554 g/mol. The minimum atomic E-state index is -4.89. The minimum Gasteiger partial charge on any atom is -0.481 e. The number of unbranched alkanes of at least 4 members (excludes halogenated alkanes) is 14. The zero-order valence-electron chi connectivity index (χ0n) is 22.8. The second kappa shape index (κ2) is 26.9. The van der Waals surface area contributed by atoms with Crippen LogP contribution in [0.25, 0.3) is 0 Å². The fourth-order valence-electron chi connectivity index (χ4n) is 3.65. The standard InChI is InChI=1S/C24H45NO8S.2Na/c1-2-3-4-5-6-7-8-9-10-11-12-13-14-15-16-17-22(26)25-18-19-33-24(29)21(20-23(27)28)34(30,31)32;;/h21H,2-20H2,1H3,(H,25,26)(H,27,28)(H,30,31,32);;/q;2*+1. The summed E-state index contributed by atoms with van der Waals surface area (Å²) in [5.74, 6) is -3.11. The van der Waals surface area contributed by atoms with E-state index in [1.165, 1.54) is 77.0 Å². The van der Waals surface area contributed by atoms with Gasteiger partial charge >= 0.3 is 71.1 Å². The Labute approximate surface area is 262 Å². The van der Waals surface area contributed by atoms with Crippen molar-refractivity contribution in [2.24, 2.45) is 0 Å². The van der Waals surface area contributed by atoms with Crippen molar-refractivity contribution in [2.45, 2.75) is 121 Å². The molecule has 0 heterocycles. The van der Waals surface area contributed by atoms with Gasteiger partial charge in [-0.1, -0.05) is 96.8 Å². The number of carbonyl (C=O) groups excluding carboxylic acids is 2. The first-order chi connectivity index (χ1) is 16.2. The predicted molar refractivity (Wildman–Crippen MR) is 131 cm³/mol. The van der Waals surface area contributed by atoms with E-state index in [9.17, 15) is 22.8 Å². The van der Waals surface area contributed by atoms with Crippen molar-refractivity contribution < 1.29 is 96.3 Å². The molecule has 9 nitrogen and oxygen atoms in total. The number of nitrogens with one attached hydrogen (secondary N) is 1. The second-order valence-corrected chi connectivity index (χ2v) is 10.4. The number of aliphatic carboxylic acids is 1. The summed E-state index contributed by atoms with van der Waals surface area (Å²) in [6, 6.07) is 0. The Morgan fingerprint density at radius 2 is 1.19 bits per heavy atom. The molecule has 36 heavy (non-hydrogen) atoms. The molecule has 0 spiro atoms. The van der Waals surface area contributed by atoms with Gasteiger partial charge in [0.15, 0.2) is 5.25 Å². The summed E-state index contributed by atoms with van der Waals surface area (Å²) in [6.45, 7) is 1.91. The number of rotatable bonds is 23. The van der Waals surface area contributed by atoms with Crippen molar-refractivity contribution in [3.8, 4) is 0 Å². The predicted octanol–water partition coefficient (Wildman–Crippen LogP) is -1.35. The van der Waals surface area contributed by atoms with Crippen molar-refractivity contribution in [3.05, 3.63) is 0 Å².